The molecule has 0 bridgehead atoms. The zero-order valence-corrected chi connectivity index (χ0v) is 15.7. The number of carbonyl (C=O) groups excluding carboxylic acids is 1. The Hall–Kier alpha value is -2.37. The van der Waals surface area contributed by atoms with Gasteiger partial charge in [-0.3, -0.25) is 14.3 Å². The maximum absolute atomic E-state index is 10.5. The molecule has 6 heteroatoms. The topological polar surface area (TPSA) is 84.2 Å². The summed E-state index contributed by atoms with van der Waals surface area (Å²) in [6, 6.07) is 8.11. The number of hydrogen-bond donors (Lipinski definition) is 2. The molecule has 2 unspecified atom stereocenters. The Morgan fingerprint density at radius 2 is 1.92 bits per heavy atom. The molecule has 1 heterocycles. The van der Waals surface area contributed by atoms with E-state index in [0.29, 0.717) is 0 Å². The van der Waals surface area contributed by atoms with Gasteiger partial charge in [0, 0.05) is 25.4 Å². The predicted molar refractivity (Wildman–Crippen MR) is 99.4 cm³/mol. The molecule has 138 valence electrons. The molecule has 0 aliphatic heterocycles. The van der Waals surface area contributed by atoms with Crippen LogP contribution in [0.1, 0.15) is 46.2 Å². The highest BCUT2D eigenvalue weighted by Crippen LogP contribution is 2.18. The summed E-state index contributed by atoms with van der Waals surface area (Å²) in [6.07, 6.45) is 3.55. The van der Waals surface area contributed by atoms with Gasteiger partial charge in [-0.2, -0.15) is 5.10 Å². The minimum atomic E-state index is -0.897. The number of carboxylic acid groups (broad SMARTS) is 1. The van der Waals surface area contributed by atoms with Crippen molar-refractivity contribution in [2.45, 2.75) is 53.0 Å². The summed E-state index contributed by atoms with van der Waals surface area (Å²) in [6.45, 7) is 6.80. The van der Waals surface area contributed by atoms with Gasteiger partial charge in [0.2, 0.25) is 5.91 Å². The van der Waals surface area contributed by atoms with Gasteiger partial charge in [-0.15, -0.1) is 0 Å². The number of nitrogens with zero attached hydrogens (tertiary/aromatic N) is 2. The van der Waals surface area contributed by atoms with E-state index in [1.807, 2.05) is 11.7 Å². The van der Waals surface area contributed by atoms with Gasteiger partial charge < -0.3 is 10.4 Å². The summed E-state index contributed by atoms with van der Waals surface area (Å²) >= 11 is 0. The van der Waals surface area contributed by atoms with Crippen LogP contribution in [0.3, 0.4) is 0 Å². The number of amides is 1. The fourth-order valence-corrected chi connectivity index (χ4v) is 2.48. The van der Waals surface area contributed by atoms with Gasteiger partial charge in [0.15, 0.2) is 0 Å². The van der Waals surface area contributed by atoms with Gasteiger partial charge in [-0.1, -0.05) is 31.5 Å². The standard InChI is InChI=1S/C12H16N2.C7H13NO3/c1-3-4-8-11-10-7-5-6-9-12(10)14(2)13-11;1-4(7(10)11)5(2)8-6(3)9/h5-7,9H,3-4,8H2,1-2H3;4-5H,1-3H3,(H,8,9)(H,10,11). The zero-order valence-electron chi connectivity index (χ0n) is 15.7. The molecule has 25 heavy (non-hydrogen) atoms. The number of hydrogen-bond acceptors (Lipinski definition) is 3. The third-order valence-corrected chi connectivity index (χ3v) is 4.17. The first-order valence-electron chi connectivity index (χ1n) is 8.68. The van der Waals surface area contributed by atoms with Crippen molar-refractivity contribution >= 4 is 22.8 Å². The second kappa shape index (κ2) is 9.81. The smallest absolute Gasteiger partial charge is 0.308 e. The van der Waals surface area contributed by atoms with Crippen LogP contribution >= 0.6 is 0 Å². The number of aromatic nitrogens is 2. The number of aliphatic carboxylic acids is 1. The summed E-state index contributed by atoms with van der Waals surface area (Å²) in [7, 11) is 2.01. The van der Waals surface area contributed by atoms with Crippen LogP contribution in [0.25, 0.3) is 10.9 Å². The van der Waals surface area contributed by atoms with Crippen molar-refractivity contribution in [2.75, 3.05) is 0 Å². The van der Waals surface area contributed by atoms with Crippen LogP contribution in [-0.2, 0) is 23.1 Å². The van der Waals surface area contributed by atoms with Gasteiger partial charge in [-0.05, 0) is 32.8 Å². The van der Waals surface area contributed by atoms with Gasteiger partial charge >= 0.3 is 5.97 Å². The van der Waals surface area contributed by atoms with Crippen molar-refractivity contribution in [1.29, 1.82) is 0 Å². The minimum Gasteiger partial charge on any atom is -0.481 e. The molecule has 2 atom stereocenters. The number of unbranched alkanes of at least 4 members (excludes halogenated alkanes) is 1. The predicted octanol–water partition coefficient (Wildman–Crippen LogP) is 3.15. The molecule has 0 aliphatic carbocycles. The van der Waals surface area contributed by atoms with E-state index in [1.54, 1.807) is 13.8 Å². The monoisotopic (exact) mass is 347 g/mol. The first-order chi connectivity index (χ1) is 11.8. The largest absolute Gasteiger partial charge is 0.481 e. The lowest BCUT2D eigenvalue weighted by atomic mass is 10.0. The van der Waals surface area contributed by atoms with E-state index >= 15 is 0 Å². The number of fused-ring (bicyclic) bond motifs is 1. The van der Waals surface area contributed by atoms with Gasteiger partial charge in [-0.25, -0.2) is 0 Å². The van der Waals surface area contributed by atoms with Gasteiger partial charge in [0.1, 0.15) is 0 Å². The van der Waals surface area contributed by atoms with E-state index in [4.69, 9.17) is 5.11 Å². The molecule has 0 radical (unpaired) electrons. The Labute approximate surface area is 149 Å². The van der Waals surface area contributed by atoms with Crippen LogP contribution in [-0.4, -0.2) is 32.8 Å². The fraction of sp³-hybridized carbons (Fsp3) is 0.526. The highest BCUT2D eigenvalue weighted by Gasteiger charge is 2.19. The second-order valence-corrected chi connectivity index (χ2v) is 6.31. The van der Waals surface area contributed by atoms with E-state index in [9.17, 15) is 9.59 Å². The van der Waals surface area contributed by atoms with Crippen LogP contribution in [0.5, 0.6) is 0 Å². The Morgan fingerprint density at radius 1 is 1.28 bits per heavy atom. The molecule has 2 N–H and O–H groups in total. The number of para-hydroxylation sites is 1. The average Bonchev–Trinajstić information content (AvgIpc) is 2.88. The number of carboxylic acids is 1. The van der Waals surface area contributed by atoms with Gasteiger partial charge in [0.25, 0.3) is 0 Å². The van der Waals surface area contributed by atoms with Crippen molar-refractivity contribution in [3.05, 3.63) is 30.0 Å². The molecule has 6 nitrogen and oxygen atoms in total. The van der Waals surface area contributed by atoms with E-state index in [2.05, 4.69) is 41.6 Å². The highest BCUT2D eigenvalue weighted by atomic mass is 16.4. The Balaban J connectivity index is 0.000000260. The summed E-state index contributed by atoms with van der Waals surface area (Å²) in [4.78, 5) is 20.8. The third kappa shape index (κ3) is 6.21. The summed E-state index contributed by atoms with van der Waals surface area (Å²) in [5.41, 5.74) is 2.48. The normalized spacial score (nSPS) is 12.8. The third-order valence-electron chi connectivity index (χ3n) is 4.17. The number of benzene rings is 1. The molecule has 1 amide bonds. The average molecular weight is 347 g/mol. The summed E-state index contributed by atoms with van der Waals surface area (Å²) in [5.74, 6) is -1.64. The van der Waals surface area contributed by atoms with Crippen molar-refractivity contribution in [3.8, 4) is 0 Å². The molecular weight excluding hydrogens is 318 g/mol. The molecule has 1 aromatic heterocycles. The quantitative estimate of drug-likeness (QED) is 0.841. The van der Waals surface area contributed by atoms with Crippen LogP contribution in [0.4, 0.5) is 0 Å². The van der Waals surface area contributed by atoms with Crippen molar-refractivity contribution < 1.29 is 14.7 Å². The van der Waals surface area contributed by atoms with Crippen molar-refractivity contribution in [3.63, 3.8) is 0 Å². The lowest BCUT2D eigenvalue weighted by Gasteiger charge is -2.15. The molecule has 0 spiro atoms. The second-order valence-electron chi connectivity index (χ2n) is 6.31. The Morgan fingerprint density at radius 3 is 2.48 bits per heavy atom. The molecule has 2 aromatic rings. The maximum atomic E-state index is 10.5. The fourth-order valence-electron chi connectivity index (χ4n) is 2.48. The molecule has 0 fully saturated rings. The first-order valence-corrected chi connectivity index (χ1v) is 8.68. The minimum absolute atomic E-state index is 0.203. The number of carbonyl (C=O) groups is 2. The summed E-state index contributed by atoms with van der Waals surface area (Å²) in [5, 5.41) is 16.9. The summed E-state index contributed by atoms with van der Waals surface area (Å²) < 4.78 is 1.97. The van der Waals surface area contributed by atoms with Crippen LogP contribution in [0.15, 0.2) is 24.3 Å². The van der Waals surface area contributed by atoms with Crippen molar-refractivity contribution in [1.82, 2.24) is 15.1 Å². The van der Waals surface area contributed by atoms with Crippen molar-refractivity contribution in [2.24, 2.45) is 13.0 Å². The van der Waals surface area contributed by atoms with Crippen LogP contribution < -0.4 is 5.32 Å². The maximum Gasteiger partial charge on any atom is 0.308 e. The lowest BCUT2D eigenvalue weighted by molar-refractivity contribution is -0.142. The lowest BCUT2D eigenvalue weighted by Crippen LogP contribution is -2.38. The number of aryl methyl sites for hydroxylation is 2. The SMILES string of the molecule is CC(=O)NC(C)C(C)C(=O)O.CCCCc1nn(C)c2ccccc12. The Kier molecular flexibility index (Phi) is 8.11. The molecule has 0 saturated heterocycles. The Bertz CT molecular complexity index is 709. The van der Waals surface area contributed by atoms with Crippen LogP contribution in [0.2, 0.25) is 0 Å². The van der Waals surface area contributed by atoms with Gasteiger partial charge in [0.05, 0.1) is 17.1 Å². The molecule has 1 aromatic carbocycles. The molecule has 0 saturated carbocycles. The molecular formula is C19H29N3O3. The first kappa shape index (κ1) is 20.7. The van der Waals surface area contributed by atoms with E-state index < -0.39 is 11.9 Å². The van der Waals surface area contributed by atoms with E-state index in [1.165, 1.54) is 36.4 Å². The highest BCUT2D eigenvalue weighted by molar-refractivity contribution is 5.81. The van der Waals surface area contributed by atoms with Crippen LogP contribution in [0, 0.1) is 5.92 Å². The molecule has 0 aliphatic rings. The van der Waals surface area contributed by atoms with E-state index in [0.717, 1.165) is 6.42 Å². The zero-order chi connectivity index (χ0) is 19.0. The molecule has 2 rings (SSSR count). The van der Waals surface area contributed by atoms with E-state index in [-0.39, 0.29) is 11.9 Å². The number of rotatable bonds is 6. The number of nitrogens with one attached hydrogen (secondary N) is 1.